The number of carbonyl (C=O) groups is 2. The molecule has 0 bridgehead atoms. The third kappa shape index (κ3) is 5.35. The van der Waals surface area contributed by atoms with Crippen LogP contribution in [-0.4, -0.2) is 44.4 Å². The van der Waals surface area contributed by atoms with E-state index >= 15 is 0 Å². The van der Waals surface area contributed by atoms with E-state index in [1.807, 2.05) is 0 Å². The van der Waals surface area contributed by atoms with Crippen molar-refractivity contribution in [2.75, 3.05) is 12.8 Å². The second kappa shape index (κ2) is 7.19. The molecule has 2 amide bonds. The molecular weight excluding hydrogens is 290 g/mol. The highest BCUT2D eigenvalue weighted by molar-refractivity contribution is 7.84. The zero-order valence-corrected chi connectivity index (χ0v) is 12.1. The summed E-state index contributed by atoms with van der Waals surface area (Å²) in [7, 11) is -0.987. The van der Waals surface area contributed by atoms with E-state index in [0.717, 1.165) is 0 Å². The number of urea groups is 1. The summed E-state index contributed by atoms with van der Waals surface area (Å²) in [5.74, 6) is -1.09. The topological polar surface area (TPSA) is 108 Å². The fraction of sp³-hybridized carbons (Fsp3) is 0.500. The highest BCUT2D eigenvalue weighted by atomic mass is 32.2. The van der Waals surface area contributed by atoms with Crippen molar-refractivity contribution in [1.29, 1.82) is 0 Å². The highest BCUT2D eigenvalue weighted by Crippen LogP contribution is 2.09. The first-order valence-electron chi connectivity index (χ1n) is 5.41. The van der Waals surface area contributed by atoms with E-state index in [9.17, 15) is 13.8 Å². The van der Waals surface area contributed by atoms with Crippen molar-refractivity contribution in [2.45, 2.75) is 18.7 Å². The number of hydrogen-bond donors (Lipinski definition) is 3. The summed E-state index contributed by atoms with van der Waals surface area (Å²) in [6, 6.07) is -0.399. The van der Waals surface area contributed by atoms with Crippen molar-refractivity contribution in [1.82, 2.24) is 15.6 Å². The van der Waals surface area contributed by atoms with Crippen LogP contribution in [0.4, 0.5) is 4.79 Å². The molecule has 0 aliphatic rings. The van der Waals surface area contributed by atoms with Crippen molar-refractivity contribution < 1.29 is 18.9 Å². The van der Waals surface area contributed by atoms with Gasteiger partial charge in [-0.2, -0.15) is 0 Å². The molecule has 19 heavy (non-hydrogen) atoms. The molecule has 7 nitrogen and oxygen atoms in total. The molecule has 0 aliphatic carbocycles. The van der Waals surface area contributed by atoms with Gasteiger partial charge in [0.1, 0.15) is 5.01 Å². The minimum absolute atomic E-state index is 0.0304. The summed E-state index contributed by atoms with van der Waals surface area (Å²) in [5, 5.41) is 15.6. The first-order chi connectivity index (χ1) is 8.90. The van der Waals surface area contributed by atoms with Crippen LogP contribution in [0.5, 0.6) is 0 Å². The number of carboxylic acid groups (broad SMARTS) is 1. The van der Waals surface area contributed by atoms with Gasteiger partial charge in [-0.1, -0.05) is 0 Å². The van der Waals surface area contributed by atoms with Crippen LogP contribution in [0.15, 0.2) is 5.38 Å². The SMILES string of the molecule is CC(CNC(=O)NCc1nc(C(=O)O)cs1)S(C)=O. The molecule has 0 spiro atoms. The molecular formula is C10H15N3O4S2. The van der Waals surface area contributed by atoms with E-state index in [0.29, 0.717) is 11.6 Å². The van der Waals surface area contributed by atoms with Crippen molar-refractivity contribution in [3.63, 3.8) is 0 Å². The van der Waals surface area contributed by atoms with Crippen LogP contribution in [0, 0.1) is 0 Å². The predicted molar refractivity (Wildman–Crippen MR) is 72.8 cm³/mol. The van der Waals surface area contributed by atoms with E-state index in [4.69, 9.17) is 5.11 Å². The monoisotopic (exact) mass is 305 g/mol. The zero-order valence-electron chi connectivity index (χ0n) is 10.5. The number of aromatic nitrogens is 1. The summed E-state index contributed by atoms with van der Waals surface area (Å²) >= 11 is 1.17. The van der Waals surface area contributed by atoms with Crippen molar-refractivity contribution in [3.8, 4) is 0 Å². The number of nitrogens with one attached hydrogen (secondary N) is 2. The number of thiazole rings is 1. The van der Waals surface area contributed by atoms with Crippen LogP contribution < -0.4 is 10.6 Å². The van der Waals surface area contributed by atoms with Crippen LogP contribution in [0.2, 0.25) is 0 Å². The molecule has 1 heterocycles. The first-order valence-corrected chi connectivity index (χ1v) is 7.92. The average Bonchev–Trinajstić information content (AvgIpc) is 2.82. The second-order valence-corrected chi connectivity index (χ2v) is 6.55. The number of carbonyl (C=O) groups excluding carboxylic acids is 1. The van der Waals surface area contributed by atoms with Gasteiger partial charge in [0.25, 0.3) is 0 Å². The Morgan fingerprint density at radius 3 is 2.74 bits per heavy atom. The maximum Gasteiger partial charge on any atom is 0.355 e. The summed E-state index contributed by atoms with van der Waals surface area (Å²) in [6.45, 7) is 2.25. The Kier molecular flexibility index (Phi) is 5.90. The minimum Gasteiger partial charge on any atom is -0.476 e. The van der Waals surface area contributed by atoms with Gasteiger partial charge >= 0.3 is 12.0 Å². The third-order valence-electron chi connectivity index (χ3n) is 2.29. The van der Waals surface area contributed by atoms with Gasteiger partial charge in [0.05, 0.1) is 6.54 Å². The Bertz CT molecular complexity index is 489. The largest absolute Gasteiger partial charge is 0.476 e. The Morgan fingerprint density at radius 1 is 1.53 bits per heavy atom. The zero-order chi connectivity index (χ0) is 14.4. The van der Waals surface area contributed by atoms with Gasteiger partial charge in [-0.25, -0.2) is 14.6 Å². The fourth-order valence-corrected chi connectivity index (χ4v) is 2.09. The molecule has 0 radical (unpaired) electrons. The molecule has 2 unspecified atom stereocenters. The Balaban J connectivity index is 2.33. The van der Waals surface area contributed by atoms with Crippen LogP contribution in [0.1, 0.15) is 22.4 Å². The molecule has 106 valence electrons. The summed E-state index contributed by atoms with van der Waals surface area (Å²) < 4.78 is 11.1. The first kappa shape index (κ1) is 15.6. The average molecular weight is 305 g/mol. The lowest BCUT2D eigenvalue weighted by Crippen LogP contribution is -2.39. The summed E-state index contributed by atoms with van der Waals surface area (Å²) in [6.07, 6.45) is 1.58. The standard InChI is InChI=1S/C10H15N3O4S2/c1-6(19(2)17)3-11-10(16)12-4-8-13-7(5-18-8)9(14)15/h5-6H,3-4H2,1-2H3,(H,14,15)(H2,11,12,16). The van der Waals surface area contributed by atoms with Crippen molar-refractivity contribution in [2.24, 2.45) is 0 Å². The van der Waals surface area contributed by atoms with Gasteiger partial charge in [-0.15, -0.1) is 11.3 Å². The van der Waals surface area contributed by atoms with Gasteiger partial charge in [-0.05, 0) is 6.92 Å². The normalized spacial score (nSPS) is 13.6. The molecule has 0 saturated carbocycles. The number of rotatable bonds is 6. The van der Waals surface area contributed by atoms with Crippen LogP contribution in [0.3, 0.4) is 0 Å². The molecule has 0 aliphatic heterocycles. The van der Waals surface area contributed by atoms with E-state index in [1.165, 1.54) is 16.7 Å². The Morgan fingerprint density at radius 2 is 2.21 bits per heavy atom. The second-order valence-electron chi connectivity index (χ2n) is 3.80. The van der Waals surface area contributed by atoms with E-state index < -0.39 is 22.8 Å². The number of carboxylic acids is 1. The molecule has 0 fully saturated rings. The van der Waals surface area contributed by atoms with E-state index in [-0.39, 0.29) is 17.5 Å². The van der Waals surface area contributed by atoms with Gasteiger partial charge in [0.2, 0.25) is 0 Å². The lowest BCUT2D eigenvalue weighted by atomic mass is 10.5. The van der Waals surface area contributed by atoms with Crippen LogP contribution in [0.25, 0.3) is 0 Å². The van der Waals surface area contributed by atoms with Crippen molar-refractivity contribution >= 4 is 34.1 Å². The fourth-order valence-electron chi connectivity index (χ4n) is 1.06. The minimum atomic E-state index is -1.09. The predicted octanol–water partition coefficient (Wildman–Crippen LogP) is 0.408. The van der Waals surface area contributed by atoms with Gasteiger partial charge in [0.15, 0.2) is 5.69 Å². The van der Waals surface area contributed by atoms with E-state index in [1.54, 1.807) is 13.2 Å². The molecule has 3 N–H and O–H groups in total. The van der Waals surface area contributed by atoms with Gasteiger partial charge in [0, 0.05) is 34.2 Å². The summed E-state index contributed by atoms with van der Waals surface area (Å²) in [5.41, 5.74) is -0.0304. The molecule has 0 saturated heterocycles. The molecule has 9 heteroatoms. The lowest BCUT2D eigenvalue weighted by molar-refractivity contribution is 0.0691. The van der Waals surface area contributed by atoms with E-state index in [2.05, 4.69) is 15.6 Å². The molecule has 0 aromatic carbocycles. The van der Waals surface area contributed by atoms with Gasteiger partial charge in [-0.3, -0.25) is 4.21 Å². The number of aromatic carboxylic acids is 1. The molecule has 1 aromatic rings. The highest BCUT2D eigenvalue weighted by Gasteiger charge is 2.10. The Labute approximate surface area is 116 Å². The number of hydrogen-bond acceptors (Lipinski definition) is 5. The third-order valence-corrected chi connectivity index (χ3v) is 4.44. The maximum atomic E-state index is 11.4. The molecule has 1 rings (SSSR count). The smallest absolute Gasteiger partial charge is 0.355 e. The summed E-state index contributed by atoms with van der Waals surface area (Å²) in [4.78, 5) is 25.9. The van der Waals surface area contributed by atoms with Crippen LogP contribution in [-0.2, 0) is 17.3 Å². The maximum absolute atomic E-state index is 11.4. The number of amides is 2. The van der Waals surface area contributed by atoms with Crippen LogP contribution >= 0.6 is 11.3 Å². The quantitative estimate of drug-likeness (QED) is 0.705. The Hall–Kier alpha value is -1.48. The number of nitrogens with zero attached hydrogens (tertiary/aromatic N) is 1. The van der Waals surface area contributed by atoms with Gasteiger partial charge < -0.3 is 15.7 Å². The van der Waals surface area contributed by atoms with Crippen molar-refractivity contribution in [3.05, 3.63) is 16.1 Å². The molecule has 1 aromatic heterocycles. The molecule has 2 atom stereocenters. The lowest BCUT2D eigenvalue weighted by Gasteiger charge is -2.10.